The van der Waals surface area contributed by atoms with E-state index < -0.39 is 17.2 Å². The third-order valence-electron chi connectivity index (χ3n) is 2.96. The number of carbonyl (C=O) groups is 1. The average Bonchev–Trinajstić information content (AvgIpc) is 2.47. The predicted octanol–water partition coefficient (Wildman–Crippen LogP) is -0.801. The zero-order valence-corrected chi connectivity index (χ0v) is 10.9. The number of rotatable bonds is 3. The lowest BCUT2D eigenvalue weighted by Crippen LogP contribution is -2.39. The molecular weight excluding hydrogens is 260 g/mol. The van der Waals surface area contributed by atoms with Gasteiger partial charge in [-0.15, -0.1) is 0 Å². The van der Waals surface area contributed by atoms with Crippen molar-refractivity contribution in [1.29, 1.82) is 0 Å². The summed E-state index contributed by atoms with van der Waals surface area (Å²) in [6.45, 7) is 0.00986. The number of aryl methyl sites for hydroxylation is 1. The van der Waals surface area contributed by atoms with Crippen LogP contribution in [0.5, 0.6) is 0 Å². The summed E-state index contributed by atoms with van der Waals surface area (Å²) in [5, 5.41) is 0. The Morgan fingerprint density at radius 1 is 1.25 bits per heavy atom. The number of nitrogen functional groups attached to an aromatic ring is 1. The molecular formula is C13H14N4O3. The van der Waals surface area contributed by atoms with Gasteiger partial charge in [0.2, 0.25) is 0 Å². The SMILES string of the molecule is Cn1ccc(=O)n(Cc2ccccc2C(=O)NN)c1=O. The van der Waals surface area contributed by atoms with Crippen LogP contribution in [0, 0.1) is 0 Å². The number of hydrogen-bond donors (Lipinski definition) is 2. The molecule has 0 saturated heterocycles. The number of carbonyl (C=O) groups excluding carboxylic acids is 1. The van der Waals surface area contributed by atoms with Crippen LogP contribution in [0.3, 0.4) is 0 Å². The molecule has 0 unspecified atom stereocenters. The van der Waals surface area contributed by atoms with Gasteiger partial charge in [0.15, 0.2) is 0 Å². The second-order valence-corrected chi connectivity index (χ2v) is 4.26. The fourth-order valence-corrected chi connectivity index (χ4v) is 1.89. The Morgan fingerprint density at radius 2 is 1.95 bits per heavy atom. The third-order valence-corrected chi connectivity index (χ3v) is 2.96. The fraction of sp³-hybridized carbons (Fsp3) is 0.154. The van der Waals surface area contributed by atoms with Crippen molar-refractivity contribution in [2.24, 2.45) is 12.9 Å². The van der Waals surface area contributed by atoms with E-state index in [0.717, 1.165) is 4.57 Å². The number of nitrogens with zero attached hydrogens (tertiary/aromatic N) is 2. The first-order chi connectivity index (χ1) is 9.54. The quantitative estimate of drug-likeness (QED) is 0.435. The Balaban J connectivity index is 2.52. The monoisotopic (exact) mass is 274 g/mol. The Hall–Kier alpha value is -2.67. The summed E-state index contributed by atoms with van der Waals surface area (Å²) in [5.74, 6) is 4.65. The maximum atomic E-state index is 11.9. The summed E-state index contributed by atoms with van der Waals surface area (Å²) in [5.41, 5.74) is 2.04. The summed E-state index contributed by atoms with van der Waals surface area (Å²) >= 11 is 0. The molecule has 0 radical (unpaired) electrons. The van der Waals surface area contributed by atoms with Crippen molar-refractivity contribution in [2.75, 3.05) is 0 Å². The zero-order chi connectivity index (χ0) is 14.7. The minimum Gasteiger partial charge on any atom is -0.303 e. The first-order valence-electron chi connectivity index (χ1n) is 5.90. The van der Waals surface area contributed by atoms with Gasteiger partial charge in [-0.25, -0.2) is 10.6 Å². The molecule has 1 aromatic carbocycles. The Morgan fingerprint density at radius 3 is 2.65 bits per heavy atom. The van der Waals surface area contributed by atoms with E-state index >= 15 is 0 Å². The molecule has 1 heterocycles. The van der Waals surface area contributed by atoms with Crippen molar-refractivity contribution in [1.82, 2.24) is 14.6 Å². The molecule has 2 rings (SSSR count). The first kappa shape index (κ1) is 13.8. The molecule has 7 nitrogen and oxygen atoms in total. The molecule has 0 bridgehead atoms. The lowest BCUT2D eigenvalue weighted by atomic mass is 10.1. The largest absolute Gasteiger partial charge is 0.331 e. The second kappa shape index (κ2) is 5.54. The van der Waals surface area contributed by atoms with Gasteiger partial charge in [-0.2, -0.15) is 0 Å². The average molecular weight is 274 g/mol. The summed E-state index contributed by atoms with van der Waals surface area (Å²) in [7, 11) is 1.55. The van der Waals surface area contributed by atoms with E-state index in [2.05, 4.69) is 0 Å². The summed E-state index contributed by atoms with van der Waals surface area (Å²) in [6, 6.07) is 7.95. The molecule has 0 aliphatic rings. The van der Waals surface area contributed by atoms with Gasteiger partial charge in [0.1, 0.15) is 0 Å². The molecule has 0 atom stereocenters. The van der Waals surface area contributed by atoms with Gasteiger partial charge in [0.05, 0.1) is 6.54 Å². The van der Waals surface area contributed by atoms with Crippen LogP contribution in [0.25, 0.3) is 0 Å². The van der Waals surface area contributed by atoms with Gasteiger partial charge in [-0.3, -0.25) is 19.6 Å². The second-order valence-electron chi connectivity index (χ2n) is 4.26. The molecule has 0 aliphatic heterocycles. The summed E-state index contributed by atoms with van der Waals surface area (Å²) in [6.07, 6.45) is 1.40. The number of nitrogens with one attached hydrogen (secondary N) is 1. The minimum atomic E-state index is -0.471. The third kappa shape index (κ3) is 2.52. The highest BCUT2D eigenvalue weighted by molar-refractivity contribution is 5.95. The number of benzene rings is 1. The minimum absolute atomic E-state index is 0.00986. The molecule has 0 saturated carbocycles. The number of amides is 1. The molecule has 20 heavy (non-hydrogen) atoms. The number of nitrogens with two attached hydrogens (primary N) is 1. The maximum Gasteiger partial charge on any atom is 0.331 e. The molecule has 104 valence electrons. The molecule has 1 amide bonds. The zero-order valence-electron chi connectivity index (χ0n) is 10.9. The molecule has 0 spiro atoms. The highest BCUT2D eigenvalue weighted by Crippen LogP contribution is 2.08. The van der Waals surface area contributed by atoms with Crippen LogP contribution in [0.15, 0.2) is 46.1 Å². The normalized spacial score (nSPS) is 10.3. The molecule has 0 fully saturated rings. The van der Waals surface area contributed by atoms with Gasteiger partial charge in [0.25, 0.3) is 11.5 Å². The van der Waals surface area contributed by atoms with Gasteiger partial charge in [0, 0.05) is 24.9 Å². The molecule has 1 aromatic heterocycles. The Labute approximate surface area is 114 Å². The van der Waals surface area contributed by atoms with E-state index in [1.165, 1.54) is 16.8 Å². The number of hydrogen-bond acceptors (Lipinski definition) is 4. The van der Waals surface area contributed by atoms with E-state index in [-0.39, 0.29) is 6.54 Å². The smallest absolute Gasteiger partial charge is 0.303 e. The van der Waals surface area contributed by atoms with Gasteiger partial charge in [-0.05, 0) is 11.6 Å². The van der Waals surface area contributed by atoms with Crippen LogP contribution in [-0.4, -0.2) is 15.0 Å². The van der Waals surface area contributed by atoms with Crippen molar-refractivity contribution in [2.45, 2.75) is 6.54 Å². The van der Waals surface area contributed by atoms with Crippen molar-refractivity contribution >= 4 is 5.91 Å². The first-order valence-corrected chi connectivity index (χ1v) is 5.90. The van der Waals surface area contributed by atoms with Crippen molar-refractivity contribution in [3.8, 4) is 0 Å². The van der Waals surface area contributed by atoms with E-state index in [9.17, 15) is 14.4 Å². The van der Waals surface area contributed by atoms with Crippen LogP contribution in [0.2, 0.25) is 0 Å². The maximum absolute atomic E-state index is 11.9. The van der Waals surface area contributed by atoms with E-state index in [1.54, 1.807) is 31.3 Å². The molecule has 7 heteroatoms. The van der Waals surface area contributed by atoms with E-state index in [1.807, 2.05) is 5.43 Å². The highest BCUT2D eigenvalue weighted by Gasteiger charge is 2.12. The van der Waals surface area contributed by atoms with Crippen molar-refractivity contribution in [3.05, 3.63) is 68.5 Å². The van der Waals surface area contributed by atoms with Crippen molar-refractivity contribution in [3.63, 3.8) is 0 Å². The highest BCUT2D eigenvalue weighted by atomic mass is 16.2. The van der Waals surface area contributed by atoms with Gasteiger partial charge in [-0.1, -0.05) is 18.2 Å². The van der Waals surface area contributed by atoms with E-state index in [0.29, 0.717) is 11.1 Å². The van der Waals surface area contributed by atoms with E-state index in [4.69, 9.17) is 5.84 Å². The van der Waals surface area contributed by atoms with Crippen LogP contribution < -0.4 is 22.5 Å². The molecule has 2 aromatic rings. The summed E-state index contributed by atoms with van der Waals surface area (Å²) < 4.78 is 2.36. The Bertz CT molecular complexity index is 761. The lowest BCUT2D eigenvalue weighted by molar-refractivity contribution is 0.0952. The molecule has 3 N–H and O–H groups in total. The standard InChI is InChI=1S/C13H14N4O3/c1-16-7-6-11(18)17(13(16)20)8-9-4-2-3-5-10(9)12(19)15-14/h2-7H,8,14H2,1H3,(H,15,19). The molecule has 0 aliphatic carbocycles. The van der Waals surface area contributed by atoms with Gasteiger partial charge < -0.3 is 4.57 Å². The van der Waals surface area contributed by atoms with Gasteiger partial charge >= 0.3 is 5.69 Å². The topological polar surface area (TPSA) is 99.1 Å². The summed E-state index contributed by atoms with van der Waals surface area (Å²) in [4.78, 5) is 35.4. The van der Waals surface area contributed by atoms with Crippen LogP contribution >= 0.6 is 0 Å². The predicted molar refractivity (Wildman–Crippen MR) is 73.1 cm³/mol. The van der Waals surface area contributed by atoms with Crippen molar-refractivity contribution < 1.29 is 4.79 Å². The fourth-order valence-electron chi connectivity index (χ4n) is 1.89. The Kier molecular flexibility index (Phi) is 3.81. The van der Waals surface area contributed by atoms with Crippen LogP contribution in [0.4, 0.5) is 0 Å². The number of hydrazine groups is 1. The van der Waals surface area contributed by atoms with Crippen LogP contribution in [0.1, 0.15) is 15.9 Å². The van der Waals surface area contributed by atoms with Crippen LogP contribution in [-0.2, 0) is 13.6 Å². The number of aromatic nitrogens is 2. The lowest BCUT2D eigenvalue weighted by Gasteiger charge is -2.10.